The molecule has 1 saturated heterocycles. The van der Waals surface area contributed by atoms with Crippen LogP contribution in [0.2, 0.25) is 0 Å². The zero-order valence-corrected chi connectivity index (χ0v) is 8.69. The van der Waals surface area contributed by atoms with E-state index in [0.29, 0.717) is 13.2 Å². The van der Waals surface area contributed by atoms with Crippen LogP contribution in [0.25, 0.3) is 0 Å². The lowest BCUT2D eigenvalue weighted by Gasteiger charge is -2.35. The predicted octanol–water partition coefficient (Wildman–Crippen LogP) is 0.650. The van der Waals surface area contributed by atoms with Crippen LogP contribution in [0.3, 0.4) is 0 Å². The Labute approximate surface area is 84.1 Å². The molecule has 0 saturated carbocycles. The molecule has 1 rings (SSSR count). The Morgan fingerprint density at radius 1 is 1.69 bits per heavy atom. The topological polar surface area (TPSA) is 58.6 Å². The molecule has 0 aliphatic carbocycles. The van der Waals surface area contributed by atoms with Crippen LogP contribution >= 0.6 is 12.4 Å². The number of carbonyl (C=O) groups is 1. The minimum absolute atomic E-state index is 0. The summed E-state index contributed by atoms with van der Waals surface area (Å²) >= 11 is 0. The molecule has 0 amide bonds. The maximum atomic E-state index is 10.3. The van der Waals surface area contributed by atoms with Gasteiger partial charge in [0.1, 0.15) is 0 Å². The van der Waals surface area contributed by atoms with Crippen LogP contribution in [-0.4, -0.2) is 35.9 Å². The summed E-state index contributed by atoms with van der Waals surface area (Å²) in [6.45, 7) is 5.26. The highest BCUT2D eigenvalue weighted by molar-refractivity contribution is 5.85. The predicted molar refractivity (Wildman–Crippen MR) is 51.3 cm³/mol. The fourth-order valence-corrected chi connectivity index (χ4v) is 1.15. The summed E-state index contributed by atoms with van der Waals surface area (Å²) in [4.78, 5) is 10.3. The van der Waals surface area contributed by atoms with Gasteiger partial charge in [-0.15, -0.1) is 12.4 Å². The largest absolute Gasteiger partial charge is 0.481 e. The Bertz CT molecular complexity index is 174. The molecule has 0 radical (unpaired) electrons. The second-order valence-corrected chi connectivity index (χ2v) is 3.80. The summed E-state index contributed by atoms with van der Waals surface area (Å²) in [6, 6.07) is 0. The van der Waals surface area contributed by atoms with Crippen LogP contribution in [0.5, 0.6) is 0 Å². The molecule has 0 aromatic carbocycles. The fourth-order valence-electron chi connectivity index (χ4n) is 1.15. The van der Waals surface area contributed by atoms with Gasteiger partial charge >= 0.3 is 5.97 Å². The summed E-state index contributed by atoms with van der Waals surface area (Å²) < 4.78 is 5.36. The van der Waals surface area contributed by atoms with Gasteiger partial charge in [-0.25, -0.2) is 0 Å². The number of halogens is 1. The van der Waals surface area contributed by atoms with Gasteiger partial charge in [-0.2, -0.15) is 0 Å². The minimum Gasteiger partial charge on any atom is -0.481 e. The molecule has 1 fully saturated rings. The number of rotatable bonds is 2. The van der Waals surface area contributed by atoms with Crippen molar-refractivity contribution in [3.8, 4) is 0 Å². The summed E-state index contributed by atoms with van der Waals surface area (Å²) in [5, 5.41) is 11.7. The summed E-state index contributed by atoms with van der Waals surface area (Å²) in [7, 11) is 0. The number of hydrogen-bond donors (Lipinski definition) is 2. The maximum Gasteiger partial charge on any atom is 0.306 e. The van der Waals surface area contributed by atoms with E-state index in [1.165, 1.54) is 0 Å². The van der Waals surface area contributed by atoms with E-state index in [2.05, 4.69) is 5.32 Å². The number of morpholine rings is 1. The fraction of sp³-hybridized carbons (Fsp3) is 0.875. The van der Waals surface area contributed by atoms with Crippen LogP contribution in [0.4, 0.5) is 0 Å². The van der Waals surface area contributed by atoms with Crippen LogP contribution in [0, 0.1) is 0 Å². The quantitative estimate of drug-likeness (QED) is 0.701. The van der Waals surface area contributed by atoms with E-state index in [-0.39, 0.29) is 30.5 Å². The molecule has 0 spiro atoms. The van der Waals surface area contributed by atoms with Gasteiger partial charge in [-0.1, -0.05) is 0 Å². The first-order chi connectivity index (χ1) is 5.49. The van der Waals surface area contributed by atoms with Crippen LogP contribution in [0.15, 0.2) is 0 Å². The highest BCUT2D eigenvalue weighted by atomic mass is 35.5. The van der Waals surface area contributed by atoms with Gasteiger partial charge in [0.05, 0.1) is 19.1 Å². The molecule has 13 heavy (non-hydrogen) atoms. The zero-order valence-electron chi connectivity index (χ0n) is 7.87. The average molecular weight is 210 g/mol. The number of nitrogens with one attached hydrogen (secondary N) is 1. The standard InChI is InChI=1S/C8H15NO3.ClH/c1-8(2)5-12-6(4-9-8)3-7(10)11;/h6,9H,3-5H2,1-2H3,(H,10,11);1H/t6-;/m0./s1. The second-order valence-electron chi connectivity index (χ2n) is 3.80. The molecule has 0 aromatic rings. The molecule has 5 heteroatoms. The summed E-state index contributed by atoms with van der Waals surface area (Å²) in [6.07, 6.45) is -0.0844. The molecule has 0 bridgehead atoms. The van der Waals surface area contributed by atoms with E-state index in [9.17, 15) is 4.79 Å². The number of ether oxygens (including phenoxy) is 1. The Balaban J connectivity index is 0.00000144. The van der Waals surface area contributed by atoms with Crippen molar-refractivity contribution in [1.82, 2.24) is 5.32 Å². The Morgan fingerprint density at radius 3 is 2.69 bits per heavy atom. The highest BCUT2D eigenvalue weighted by Gasteiger charge is 2.27. The van der Waals surface area contributed by atoms with Crippen molar-refractivity contribution in [2.24, 2.45) is 0 Å². The van der Waals surface area contributed by atoms with Crippen molar-refractivity contribution in [2.75, 3.05) is 13.2 Å². The lowest BCUT2D eigenvalue weighted by Crippen LogP contribution is -2.53. The normalized spacial score (nSPS) is 26.2. The molecule has 2 N–H and O–H groups in total. The van der Waals surface area contributed by atoms with E-state index in [1.807, 2.05) is 13.8 Å². The van der Waals surface area contributed by atoms with Crippen molar-refractivity contribution < 1.29 is 14.6 Å². The van der Waals surface area contributed by atoms with Gasteiger partial charge in [0.2, 0.25) is 0 Å². The zero-order chi connectivity index (χ0) is 9.19. The summed E-state index contributed by atoms with van der Waals surface area (Å²) in [5.74, 6) is -0.804. The van der Waals surface area contributed by atoms with Crippen LogP contribution in [0.1, 0.15) is 20.3 Å². The number of hydrogen-bond acceptors (Lipinski definition) is 3. The van der Waals surface area contributed by atoms with Crippen molar-refractivity contribution in [3.05, 3.63) is 0 Å². The molecular formula is C8H16ClNO3. The van der Waals surface area contributed by atoms with Gasteiger partial charge in [-0.3, -0.25) is 4.79 Å². The minimum atomic E-state index is -0.804. The van der Waals surface area contributed by atoms with Crippen molar-refractivity contribution in [2.45, 2.75) is 31.9 Å². The highest BCUT2D eigenvalue weighted by Crippen LogP contribution is 2.12. The number of aliphatic carboxylic acids is 1. The van der Waals surface area contributed by atoms with Crippen LogP contribution < -0.4 is 5.32 Å². The van der Waals surface area contributed by atoms with Gasteiger partial charge in [0.15, 0.2) is 0 Å². The third-order valence-corrected chi connectivity index (χ3v) is 1.89. The van der Waals surface area contributed by atoms with E-state index in [0.717, 1.165) is 0 Å². The molecule has 1 aliphatic heterocycles. The van der Waals surface area contributed by atoms with Gasteiger partial charge in [0, 0.05) is 12.1 Å². The molecule has 4 nitrogen and oxygen atoms in total. The molecule has 1 heterocycles. The Kier molecular flexibility index (Phi) is 4.67. The van der Waals surface area contributed by atoms with Crippen molar-refractivity contribution >= 4 is 18.4 Å². The molecule has 78 valence electrons. The number of carboxylic acids is 1. The first-order valence-corrected chi connectivity index (χ1v) is 4.08. The first-order valence-electron chi connectivity index (χ1n) is 4.08. The molecule has 1 atom stereocenters. The van der Waals surface area contributed by atoms with E-state index in [1.54, 1.807) is 0 Å². The van der Waals surface area contributed by atoms with E-state index >= 15 is 0 Å². The first kappa shape index (κ1) is 12.7. The lowest BCUT2D eigenvalue weighted by molar-refractivity contribution is -0.141. The maximum absolute atomic E-state index is 10.3. The molecule has 0 aromatic heterocycles. The van der Waals surface area contributed by atoms with E-state index in [4.69, 9.17) is 9.84 Å². The van der Waals surface area contributed by atoms with Gasteiger partial charge in [-0.05, 0) is 13.8 Å². The molecule has 0 unspecified atom stereocenters. The Morgan fingerprint density at radius 2 is 2.31 bits per heavy atom. The van der Waals surface area contributed by atoms with E-state index < -0.39 is 5.97 Å². The Hall–Kier alpha value is -0.320. The third kappa shape index (κ3) is 4.45. The number of carboxylic acid groups (broad SMARTS) is 1. The smallest absolute Gasteiger partial charge is 0.306 e. The molecule has 1 aliphatic rings. The lowest BCUT2D eigenvalue weighted by atomic mass is 10.0. The summed E-state index contributed by atoms with van der Waals surface area (Å²) in [5.41, 5.74) is -0.0188. The van der Waals surface area contributed by atoms with Crippen LogP contribution in [-0.2, 0) is 9.53 Å². The molecular weight excluding hydrogens is 194 g/mol. The monoisotopic (exact) mass is 209 g/mol. The average Bonchev–Trinajstić information content (AvgIpc) is 1.93. The van der Waals surface area contributed by atoms with Crippen molar-refractivity contribution in [3.63, 3.8) is 0 Å². The second kappa shape index (κ2) is 4.79. The van der Waals surface area contributed by atoms with Gasteiger partial charge < -0.3 is 15.2 Å². The SMILES string of the molecule is CC1(C)CO[C@@H](CC(=O)O)CN1.Cl. The van der Waals surface area contributed by atoms with Gasteiger partial charge in [0.25, 0.3) is 0 Å². The third-order valence-electron chi connectivity index (χ3n) is 1.89. The van der Waals surface area contributed by atoms with Crippen molar-refractivity contribution in [1.29, 1.82) is 0 Å².